The van der Waals surface area contributed by atoms with E-state index >= 15 is 0 Å². The van der Waals surface area contributed by atoms with Crippen LogP contribution < -0.4 is 4.90 Å². The first-order valence-electron chi connectivity index (χ1n) is 13.3. The van der Waals surface area contributed by atoms with Crippen LogP contribution in [0.1, 0.15) is 66.9 Å². The van der Waals surface area contributed by atoms with Gasteiger partial charge in [0.15, 0.2) is 0 Å². The number of hydrogen-bond acceptors (Lipinski definition) is 7. The van der Waals surface area contributed by atoms with Gasteiger partial charge in [0.2, 0.25) is 0 Å². The molecule has 0 aliphatic carbocycles. The Morgan fingerprint density at radius 2 is 1.29 bits per heavy atom. The van der Waals surface area contributed by atoms with Gasteiger partial charge in [-0.25, -0.2) is 0 Å². The van der Waals surface area contributed by atoms with Crippen molar-refractivity contribution in [3.8, 4) is 11.4 Å². The predicted molar refractivity (Wildman–Crippen MR) is 160 cm³/mol. The summed E-state index contributed by atoms with van der Waals surface area (Å²) in [6.07, 6.45) is 12.9. The molecular formula is C31H35N5OS. The Balaban J connectivity index is 1.36. The minimum atomic E-state index is 0.0454. The van der Waals surface area contributed by atoms with Crippen molar-refractivity contribution < 1.29 is 5.11 Å². The lowest BCUT2D eigenvalue weighted by molar-refractivity contribution is 0.282. The van der Waals surface area contributed by atoms with Crippen molar-refractivity contribution in [2.24, 2.45) is 0 Å². The van der Waals surface area contributed by atoms with Crippen molar-refractivity contribution in [1.82, 2.24) is 20.4 Å². The summed E-state index contributed by atoms with van der Waals surface area (Å²) in [6, 6.07) is 19.8. The molecule has 1 aromatic carbocycles. The molecule has 0 amide bonds. The second kappa shape index (κ2) is 14.3. The Kier molecular flexibility index (Phi) is 10.3. The summed E-state index contributed by atoms with van der Waals surface area (Å²) in [5.41, 5.74) is 4.85. The minimum Gasteiger partial charge on any atom is -0.392 e. The van der Waals surface area contributed by atoms with E-state index in [-0.39, 0.29) is 6.61 Å². The van der Waals surface area contributed by atoms with Crippen molar-refractivity contribution in [2.45, 2.75) is 46.1 Å². The van der Waals surface area contributed by atoms with E-state index in [0.717, 1.165) is 35.6 Å². The Bertz CT molecular complexity index is 1300. The van der Waals surface area contributed by atoms with Gasteiger partial charge >= 0.3 is 0 Å². The topological polar surface area (TPSA) is 75.0 Å². The molecule has 0 aliphatic heterocycles. The highest BCUT2D eigenvalue weighted by Gasteiger charge is 2.08. The third-order valence-corrected chi connectivity index (χ3v) is 7.26. The first-order chi connectivity index (χ1) is 18.7. The van der Waals surface area contributed by atoms with Crippen LogP contribution in [0.5, 0.6) is 0 Å². The summed E-state index contributed by atoms with van der Waals surface area (Å²) in [5.74, 6) is 0. The molecule has 0 radical (unpaired) electrons. The smallest absolute Gasteiger partial charge is 0.113 e. The molecule has 0 unspecified atom stereocenters. The van der Waals surface area contributed by atoms with Gasteiger partial charge in [-0.2, -0.15) is 10.2 Å². The number of nitrogens with zero attached hydrogens (tertiary/aromatic N) is 5. The number of benzene rings is 1. The zero-order chi connectivity index (χ0) is 26.6. The van der Waals surface area contributed by atoms with E-state index < -0.39 is 0 Å². The molecule has 7 heteroatoms. The summed E-state index contributed by atoms with van der Waals surface area (Å²) in [5, 5.41) is 27.8. The molecule has 0 spiro atoms. The number of aromatic nitrogens is 4. The second-order valence-electron chi connectivity index (χ2n) is 9.12. The first kappa shape index (κ1) is 27.4. The zero-order valence-electron chi connectivity index (χ0n) is 22.1. The SMILES string of the molecule is CCCCN(CCCC)c1ccc(C=Cc2ccc(-c3ccc(C=Cc4ccc(CO)cc4)nn3)nn2)s1. The summed E-state index contributed by atoms with van der Waals surface area (Å²) in [6.45, 7) is 6.77. The average Bonchev–Trinajstić information content (AvgIpc) is 3.45. The molecule has 0 atom stereocenters. The van der Waals surface area contributed by atoms with Crippen LogP contribution in [0.4, 0.5) is 5.00 Å². The Labute approximate surface area is 229 Å². The van der Waals surface area contributed by atoms with Crippen LogP contribution in [0.25, 0.3) is 35.7 Å². The quantitative estimate of drug-likeness (QED) is 0.198. The lowest BCUT2D eigenvalue weighted by Crippen LogP contribution is -2.24. The van der Waals surface area contributed by atoms with E-state index in [0.29, 0.717) is 11.4 Å². The molecule has 0 saturated heterocycles. The van der Waals surface area contributed by atoms with E-state index in [1.54, 1.807) is 0 Å². The lowest BCUT2D eigenvalue weighted by Gasteiger charge is -2.22. The molecule has 3 heterocycles. The number of unbranched alkanes of at least 4 members (excludes halogenated alkanes) is 2. The summed E-state index contributed by atoms with van der Waals surface area (Å²) in [7, 11) is 0. The Morgan fingerprint density at radius 3 is 1.82 bits per heavy atom. The van der Waals surface area contributed by atoms with Gasteiger partial charge in [0.1, 0.15) is 11.4 Å². The molecule has 38 heavy (non-hydrogen) atoms. The number of aliphatic hydroxyl groups excluding tert-OH is 1. The molecule has 0 saturated carbocycles. The summed E-state index contributed by atoms with van der Waals surface area (Å²) in [4.78, 5) is 3.73. The third-order valence-electron chi connectivity index (χ3n) is 6.15. The van der Waals surface area contributed by atoms with Gasteiger partial charge in [0, 0.05) is 18.0 Å². The Morgan fingerprint density at radius 1 is 0.684 bits per heavy atom. The highest BCUT2D eigenvalue weighted by atomic mass is 32.1. The number of thiophene rings is 1. The fraction of sp³-hybridized carbons (Fsp3) is 0.290. The molecule has 3 aromatic heterocycles. The van der Waals surface area contributed by atoms with Gasteiger partial charge < -0.3 is 10.0 Å². The van der Waals surface area contributed by atoms with Crippen LogP contribution in [0.2, 0.25) is 0 Å². The maximum Gasteiger partial charge on any atom is 0.113 e. The van der Waals surface area contributed by atoms with Gasteiger partial charge in [0.25, 0.3) is 0 Å². The van der Waals surface area contributed by atoms with Crippen LogP contribution in [-0.4, -0.2) is 38.6 Å². The van der Waals surface area contributed by atoms with Gasteiger partial charge in [-0.3, -0.25) is 0 Å². The van der Waals surface area contributed by atoms with E-state index in [1.807, 2.05) is 78.1 Å². The highest BCUT2D eigenvalue weighted by Crippen LogP contribution is 2.28. The Hall–Kier alpha value is -3.68. The fourth-order valence-corrected chi connectivity index (χ4v) is 4.81. The van der Waals surface area contributed by atoms with Crippen molar-refractivity contribution in [1.29, 1.82) is 0 Å². The van der Waals surface area contributed by atoms with Crippen molar-refractivity contribution in [3.05, 3.63) is 88.1 Å². The zero-order valence-corrected chi connectivity index (χ0v) is 22.9. The van der Waals surface area contributed by atoms with E-state index in [1.165, 1.54) is 35.6 Å². The van der Waals surface area contributed by atoms with Gasteiger partial charge in [-0.15, -0.1) is 21.5 Å². The minimum absolute atomic E-state index is 0.0454. The van der Waals surface area contributed by atoms with Gasteiger partial charge in [0.05, 0.1) is 23.0 Å². The predicted octanol–water partition coefficient (Wildman–Crippen LogP) is 7.23. The standard InChI is InChI=1S/C31H35N5OS/c1-3-5-21-36(22-6-4-2)31-20-17-28(38-31)16-13-27-15-19-30(35-33-27)29-18-14-26(32-34-29)12-11-24-7-9-25(23-37)10-8-24/h7-20,37H,3-6,21-23H2,1-2H3. The molecule has 0 aliphatic rings. The molecular weight excluding hydrogens is 490 g/mol. The monoisotopic (exact) mass is 525 g/mol. The highest BCUT2D eigenvalue weighted by molar-refractivity contribution is 7.17. The third kappa shape index (κ3) is 7.91. The van der Waals surface area contributed by atoms with Crippen LogP contribution >= 0.6 is 11.3 Å². The first-order valence-corrected chi connectivity index (χ1v) is 14.1. The maximum atomic E-state index is 9.16. The van der Waals surface area contributed by atoms with E-state index in [4.69, 9.17) is 5.11 Å². The molecule has 4 aromatic rings. The van der Waals surface area contributed by atoms with Gasteiger partial charge in [-0.1, -0.05) is 57.0 Å². The largest absolute Gasteiger partial charge is 0.392 e. The molecule has 6 nitrogen and oxygen atoms in total. The molecule has 196 valence electrons. The molecule has 0 bridgehead atoms. The van der Waals surface area contributed by atoms with E-state index in [2.05, 4.69) is 57.4 Å². The number of rotatable bonds is 13. The molecule has 1 N–H and O–H groups in total. The summed E-state index contributed by atoms with van der Waals surface area (Å²) >= 11 is 1.82. The van der Waals surface area contributed by atoms with Crippen molar-refractivity contribution in [3.63, 3.8) is 0 Å². The average molecular weight is 526 g/mol. The van der Waals surface area contributed by atoms with Crippen molar-refractivity contribution in [2.75, 3.05) is 18.0 Å². The second-order valence-corrected chi connectivity index (χ2v) is 10.2. The summed E-state index contributed by atoms with van der Waals surface area (Å²) < 4.78 is 0. The number of anilines is 1. The fourth-order valence-electron chi connectivity index (χ4n) is 3.85. The van der Waals surface area contributed by atoms with Crippen LogP contribution in [0, 0.1) is 0 Å². The number of aliphatic hydroxyl groups is 1. The number of hydrogen-bond donors (Lipinski definition) is 1. The lowest BCUT2D eigenvalue weighted by atomic mass is 10.1. The van der Waals surface area contributed by atoms with Gasteiger partial charge in [-0.05, 0) is 78.6 Å². The normalized spacial score (nSPS) is 11.6. The van der Waals surface area contributed by atoms with Crippen LogP contribution in [0.15, 0.2) is 60.7 Å². The van der Waals surface area contributed by atoms with Crippen molar-refractivity contribution >= 4 is 40.6 Å². The maximum absolute atomic E-state index is 9.16. The van der Waals surface area contributed by atoms with Crippen LogP contribution in [-0.2, 0) is 6.61 Å². The van der Waals surface area contributed by atoms with Crippen LogP contribution in [0.3, 0.4) is 0 Å². The van der Waals surface area contributed by atoms with E-state index in [9.17, 15) is 0 Å². The molecule has 4 rings (SSSR count). The molecule has 0 fully saturated rings.